The quantitative estimate of drug-likeness (QED) is 0.641. The number of amides is 1. The lowest BCUT2D eigenvalue weighted by Crippen LogP contribution is -2.22. The fourth-order valence-electron chi connectivity index (χ4n) is 2.45. The van der Waals surface area contributed by atoms with Crippen LogP contribution in [-0.4, -0.2) is 36.5 Å². The van der Waals surface area contributed by atoms with Crippen LogP contribution in [0.3, 0.4) is 0 Å². The monoisotopic (exact) mass is 417 g/mol. The fraction of sp³-hybridized carbons (Fsp3) is 0.176. The lowest BCUT2D eigenvalue weighted by Gasteiger charge is -2.05. The summed E-state index contributed by atoms with van der Waals surface area (Å²) < 4.78 is 3.92. The van der Waals surface area contributed by atoms with E-state index in [1.807, 2.05) is 31.2 Å². The van der Waals surface area contributed by atoms with Crippen molar-refractivity contribution < 1.29 is 14.7 Å². The third kappa shape index (κ3) is 4.17. The van der Waals surface area contributed by atoms with Gasteiger partial charge in [0.1, 0.15) is 12.2 Å². The van der Waals surface area contributed by atoms with E-state index in [-0.39, 0.29) is 12.2 Å². The first kappa shape index (κ1) is 17.9. The number of aromatic nitrogens is 4. The van der Waals surface area contributed by atoms with E-state index in [0.717, 1.165) is 20.4 Å². The molecule has 0 spiro atoms. The van der Waals surface area contributed by atoms with Crippen molar-refractivity contribution in [2.75, 3.05) is 5.32 Å². The zero-order valence-electron chi connectivity index (χ0n) is 13.9. The van der Waals surface area contributed by atoms with Crippen LogP contribution in [0.1, 0.15) is 21.7 Å². The van der Waals surface area contributed by atoms with Crippen LogP contribution in [0.25, 0.3) is 0 Å². The Morgan fingerprint density at radius 2 is 1.92 bits per heavy atom. The maximum absolute atomic E-state index is 12.2. The number of carbonyl (C=O) groups excluding carboxylic acids is 1. The predicted molar refractivity (Wildman–Crippen MR) is 98.0 cm³/mol. The highest BCUT2D eigenvalue weighted by Crippen LogP contribution is 2.14. The first-order valence-corrected chi connectivity index (χ1v) is 8.55. The number of benzene rings is 1. The van der Waals surface area contributed by atoms with E-state index in [1.165, 1.54) is 12.3 Å². The minimum atomic E-state index is -1.13. The van der Waals surface area contributed by atoms with E-state index in [2.05, 4.69) is 31.4 Å². The molecule has 0 aliphatic rings. The highest BCUT2D eigenvalue weighted by molar-refractivity contribution is 9.10. The number of aromatic carboxylic acids is 1. The number of hydrogen-bond acceptors (Lipinski definition) is 4. The standard InChI is InChI=1S/C17H16BrN5O3/c1-11-8-15(21-22(11)9-12-2-4-13(18)5-3-12)20-16(24)10-23-14(17(25)26)6-7-19-23/h2-8H,9-10H2,1H3,(H,25,26)(H,20,21,24). The fourth-order valence-corrected chi connectivity index (χ4v) is 2.72. The van der Waals surface area contributed by atoms with Crippen LogP contribution in [0.15, 0.2) is 47.1 Å². The van der Waals surface area contributed by atoms with Gasteiger partial charge in [0.2, 0.25) is 5.91 Å². The van der Waals surface area contributed by atoms with E-state index in [1.54, 1.807) is 10.7 Å². The van der Waals surface area contributed by atoms with Gasteiger partial charge in [-0.15, -0.1) is 0 Å². The number of rotatable bonds is 6. The van der Waals surface area contributed by atoms with Crippen molar-refractivity contribution in [3.05, 3.63) is 64.0 Å². The molecule has 2 heterocycles. The Morgan fingerprint density at radius 1 is 1.19 bits per heavy atom. The van der Waals surface area contributed by atoms with Gasteiger partial charge in [0, 0.05) is 22.4 Å². The molecule has 1 amide bonds. The van der Waals surface area contributed by atoms with Gasteiger partial charge in [-0.05, 0) is 30.7 Å². The predicted octanol–water partition coefficient (Wildman–Crippen LogP) is 2.54. The molecule has 0 saturated heterocycles. The van der Waals surface area contributed by atoms with Crippen molar-refractivity contribution in [1.82, 2.24) is 19.6 Å². The first-order chi connectivity index (χ1) is 12.4. The van der Waals surface area contributed by atoms with Gasteiger partial charge < -0.3 is 10.4 Å². The third-order valence-corrected chi connectivity index (χ3v) is 4.25. The molecule has 0 bridgehead atoms. The number of anilines is 1. The zero-order chi connectivity index (χ0) is 18.7. The second kappa shape index (κ2) is 7.52. The van der Waals surface area contributed by atoms with Crippen LogP contribution in [-0.2, 0) is 17.9 Å². The summed E-state index contributed by atoms with van der Waals surface area (Å²) in [5.74, 6) is -1.12. The number of carbonyl (C=O) groups is 2. The van der Waals surface area contributed by atoms with Gasteiger partial charge in [-0.2, -0.15) is 10.2 Å². The maximum atomic E-state index is 12.2. The number of nitrogens with one attached hydrogen (secondary N) is 1. The van der Waals surface area contributed by atoms with Crippen molar-refractivity contribution in [2.45, 2.75) is 20.0 Å². The molecule has 1 aromatic carbocycles. The van der Waals surface area contributed by atoms with Crippen molar-refractivity contribution in [2.24, 2.45) is 0 Å². The highest BCUT2D eigenvalue weighted by atomic mass is 79.9. The summed E-state index contributed by atoms with van der Waals surface area (Å²) in [4.78, 5) is 23.2. The van der Waals surface area contributed by atoms with Gasteiger partial charge >= 0.3 is 5.97 Å². The second-order valence-electron chi connectivity index (χ2n) is 5.68. The van der Waals surface area contributed by atoms with E-state index in [0.29, 0.717) is 12.4 Å². The molecule has 3 rings (SSSR count). The SMILES string of the molecule is Cc1cc(NC(=O)Cn2nccc2C(=O)O)nn1Cc1ccc(Br)cc1. The number of hydrogen-bond donors (Lipinski definition) is 2. The van der Waals surface area contributed by atoms with Crippen LogP contribution < -0.4 is 5.32 Å². The molecule has 0 aliphatic carbocycles. The molecule has 0 saturated carbocycles. The number of carboxylic acid groups (broad SMARTS) is 1. The topological polar surface area (TPSA) is 102 Å². The Morgan fingerprint density at radius 3 is 2.62 bits per heavy atom. The molecular weight excluding hydrogens is 402 g/mol. The molecule has 0 unspecified atom stereocenters. The third-order valence-electron chi connectivity index (χ3n) is 3.72. The van der Waals surface area contributed by atoms with Crippen LogP contribution >= 0.6 is 15.9 Å². The molecule has 0 fully saturated rings. The molecule has 0 atom stereocenters. The van der Waals surface area contributed by atoms with Crippen molar-refractivity contribution in [3.63, 3.8) is 0 Å². The summed E-state index contributed by atoms with van der Waals surface area (Å²) in [5, 5.41) is 19.9. The number of carboxylic acids is 1. The number of halogens is 1. The van der Waals surface area contributed by atoms with Gasteiger partial charge in [0.05, 0.1) is 6.54 Å². The molecular formula is C17H16BrN5O3. The number of nitrogens with zero attached hydrogens (tertiary/aromatic N) is 4. The van der Waals surface area contributed by atoms with Crippen molar-refractivity contribution in [1.29, 1.82) is 0 Å². The first-order valence-electron chi connectivity index (χ1n) is 7.76. The largest absolute Gasteiger partial charge is 0.477 e. The van der Waals surface area contributed by atoms with Gasteiger partial charge in [-0.3, -0.25) is 9.48 Å². The summed E-state index contributed by atoms with van der Waals surface area (Å²) >= 11 is 3.40. The average molecular weight is 418 g/mol. The summed E-state index contributed by atoms with van der Waals surface area (Å²) in [6.45, 7) is 2.28. The van der Waals surface area contributed by atoms with Crippen molar-refractivity contribution in [3.8, 4) is 0 Å². The molecule has 3 aromatic rings. The Bertz CT molecular complexity index is 946. The molecule has 2 N–H and O–H groups in total. The van der Waals surface area contributed by atoms with Crippen LogP contribution in [0, 0.1) is 6.92 Å². The van der Waals surface area contributed by atoms with Crippen LogP contribution in [0.4, 0.5) is 5.82 Å². The summed E-state index contributed by atoms with van der Waals surface area (Å²) in [6.07, 6.45) is 1.34. The van der Waals surface area contributed by atoms with E-state index >= 15 is 0 Å². The van der Waals surface area contributed by atoms with E-state index < -0.39 is 11.9 Å². The molecule has 2 aromatic heterocycles. The van der Waals surface area contributed by atoms with Crippen molar-refractivity contribution >= 4 is 33.6 Å². The van der Waals surface area contributed by atoms with E-state index in [4.69, 9.17) is 5.11 Å². The normalized spacial score (nSPS) is 10.7. The zero-order valence-corrected chi connectivity index (χ0v) is 15.5. The molecule has 9 heteroatoms. The van der Waals surface area contributed by atoms with E-state index in [9.17, 15) is 9.59 Å². The average Bonchev–Trinajstić information content (AvgIpc) is 3.16. The lowest BCUT2D eigenvalue weighted by atomic mass is 10.2. The number of aryl methyl sites for hydroxylation is 1. The highest BCUT2D eigenvalue weighted by Gasteiger charge is 2.14. The summed E-state index contributed by atoms with van der Waals surface area (Å²) in [6, 6.07) is 11.0. The molecule has 26 heavy (non-hydrogen) atoms. The minimum Gasteiger partial charge on any atom is -0.477 e. The Kier molecular flexibility index (Phi) is 5.17. The summed E-state index contributed by atoms with van der Waals surface area (Å²) in [7, 11) is 0. The van der Waals surface area contributed by atoms with Gasteiger partial charge in [0.25, 0.3) is 0 Å². The smallest absolute Gasteiger partial charge is 0.354 e. The molecule has 8 nitrogen and oxygen atoms in total. The second-order valence-corrected chi connectivity index (χ2v) is 6.60. The van der Waals surface area contributed by atoms with Crippen LogP contribution in [0.2, 0.25) is 0 Å². The Hall–Kier alpha value is -2.94. The maximum Gasteiger partial charge on any atom is 0.354 e. The molecule has 134 valence electrons. The summed E-state index contributed by atoms with van der Waals surface area (Å²) in [5.41, 5.74) is 1.94. The molecule has 0 radical (unpaired) electrons. The van der Waals surface area contributed by atoms with Gasteiger partial charge in [-0.1, -0.05) is 28.1 Å². The van der Waals surface area contributed by atoms with Gasteiger partial charge in [0.15, 0.2) is 5.82 Å². The molecule has 0 aliphatic heterocycles. The Labute approximate surface area is 157 Å². The lowest BCUT2D eigenvalue weighted by molar-refractivity contribution is -0.116. The Balaban J connectivity index is 1.66. The minimum absolute atomic E-state index is 0.0444. The van der Waals surface area contributed by atoms with Gasteiger partial charge in [-0.25, -0.2) is 9.48 Å². The van der Waals surface area contributed by atoms with Crippen LogP contribution in [0.5, 0.6) is 0 Å².